The van der Waals surface area contributed by atoms with Crippen LogP contribution in [-0.2, 0) is 4.79 Å². The molecule has 0 bridgehead atoms. The number of ether oxygens (including phenoxy) is 1. The fourth-order valence-electron chi connectivity index (χ4n) is 2.59. The van der Waals surface area contributed by atoms with E-state index in [2.05, 4.69) is 19.2 Å². The molecule has 0 amide bonds. The van der Waals surface area contributed by atoms with E-state index in [9.17, 15) is 9.90 Å². The van der Waals surface area contributed by atoms with E-state index in [4.69, 9.17) is 9.84 Å². The molecule has 2 rings (SSSR count). The molecule has 3 N–H and O–H groups in total. The van der Waals surface area contributed by atoms with Crippen molar-refractivity contribution in [1.82, 2.24) is 5.32 Å². The zero-order valence-corrected chi connectivity index (χ0v) is 12.7. The van der Waals surface area contributed by atoms with Crippen LogP contribution in [0.4, 0.5) is 0 Å². The SMILES string of the molecule is CC(CC(=O)O)N[C@@H]1COc2cc(C(C)C)ccc2[C@@H]1O. The standard InChI is InChI=1S/C16H23NO4/c1-9(2)11-4-5-12-14(7-11)21-8-13(16(12)20)17-10(3)6-15(18)19/h4-5,7,9-10,13,16-17,20H,6,8H2,1-3H3,(H,18,19)/t10?,13-,16+/m1/s1. The number of aliphatic hydroxyl groups excluding tert-OH is 1. The van der Waals surface area contributed by atoms with Gasteiger partial charge in [0.05, 0.1) is 12.5 Å². The largest absolute Gasteiger partial charge is 0.491 e. The number of benzene rings is 1. The van der Waals surface area contributed by atoms with E-state index in [1.807, 2.05) is 18.2 Å². The second-order valence-electron chi connectivity index (χ2n) is 5.98. The minimum Gasteiger partial charge on any atom is -0.491 e. The number of hydrogen-bond acceptors (Lipinski definition) is 4. The topological polar surface area (TPSA) is 78.8 Å². The Kier molecular flexibility index (Phi) is 4.85. The van der Waals surface area contributed by atoms with Crippen LogP contribution in [0.1, 0.15) is 50.3 Å². The minimum absolute atomic E-state index is 0.0162. The van der Waals surface area contributed by atoms with Gasteiger partial charge in [-0.25, -0.2) is 0 Å². The molecule has 21 heavy (non-hydrogen) atoms. The van der Waals surface area contributed by atoms with Crippen LogP contribution in [0.15, 0.2) is 18.2 Å². The third kappa shape index (κ3) is 3.74. The quantitative estimate of drug-likeness (QED) is 0.774. The Bertz CT molecular complexity index is 515. The Balaban J connectivity index is 2.10. The molecular formula is C16H23NO4. The number of rotatable bonds is 5. The molecule has 1 unspecified atom stereocenters. The van der Waals surface area contributed by atoms with Gasteiger partial charge >= 0.3 is 5.97 Å². The van der Waals surface area contributed by atoms with Crippen molar-refractivity contribution in [2.45, 2.75) is 51.3 Å². The molecule has 1 aliphatic rings. The minimum atomic E-state index is -0.858. The van der Waals surface area contributed by atoms with Crippen LogP contribution < -0.4 is 10.1 Å². The van der Waals surface area contributed by atoms with Crippen molar-refractivity contribution in [1.29, 1.82) is 0 Å². The number of nitrogens with one attached hydrogen (secondary N) is 1. The van der Waals surface area contributed by atoms with Crippen molar-refractivity contribution >= 4 is 5.97 Å². The second-order valence-corrected chi connectivity index (χ2v) is 5.98. The van der Waals surface area contributed by atoms with Crippen LogP contribution in [-0.4, -0.2) is 34.9 Å². The third-order valence-corrected chi connectivity index (χ3v) is 3.80. The molecule has 0 saturated heterocycles. The maximum Gasteiger partial charge on any atom is 0.304 e. The lowest BCUT2D eigenvalue weighted by Gasteiger charge is -2.33. The molecule has 3 atom stereocenters. The molecule has 116 valence electrons. The monoisotopic (exact) mass is 293 g/mol. The maximum atomic E-state index is 10.7. The van der Waals surface area contributed by atoms with E-state index < -0.39 is 12.1 Å². The lowest BCUT2D eigenvalue weighted by Crippen LogP contribution is -2.47. The first-order valence-electron chi connectivity index (χ1n) is 7.31. The van der Waals surface area contributed by atoms with Crippen LogP contribution in [0.2, 0.25) is 0 Å². The fraction of sp³-hybridized carbons (Fsp3) is 0.562. The molecule has 0 fully saturated rings. The molecule has 0 radical (unpaired) electrons. The molecule has 0 saturated carbocycles. The normalized spacial score (nSPS) is 22.5. The average molecular weight is 293 g/mol. The zero-order chi connectivity index (χ0) is 15.6. The summed E-state index contributed by atoms with van der Waals surface area (Å²) >= 11 is 0. The third-order valence-electron chi connectivity index (χ3n) is 3.80. The number of aliphatic hydroxyl groups is 1. The van der Waals surface area contributed by atoms with Crippen molar-refractivity contribution in [2.24, 2.45) is 0 Å². The highest BCUT2D eigenvalue weighted by Crippen LogP contribution is 2.34. The lowest BCUT2D eigenvalue weighted by atomic mass is 9.94. The Morgan fingerprint density at radius 1 is 1.43 bits per heavy atom. The molecular weight excluding hydrogens is 270 g/mol. The van der Waals surface area contributed by atoms with Crippen molar-refractivity contribution in [3.8, 4) is 5.75 Å². The van der Waals surface area contributed by atoms with Gasteiger partial charge in [-0.15, -0.1) is 0 Å². The average Bonchev–Trinajstić information content (AvgIpc) is 2.40. The number of carboxylic acid groups (broad SMARTS) is 1. The number of carbonyl (C=O) groups is 1. The first kappa shape index (κ1) is 15.8. The number of carboxylic acids is 1. The van der Waals surface area contributed by atoms with Crippen molar-refractivity contribution in [2.75, 3.05) is 6.61 Å². The molecule has 5 nitrogen and oxygen atoms in total. The highest BCUT2D eigenvalue weighted by Gasteiger charge is 2.30. The zero-order valence-electron chi connectivity index (χ0n) is 12.7. The van der Waals surface area contributed by atoms with Gasteiger partial charge in [-0.1, -0.05) is 26.0 Å². The van der Waals surface area contributed by atoms with Gasteiger partial charge in [-0.2, -0.15) is 0 Å². The van der Waals surface area contributed by atoms with Gasteiger partial charge in [0.2, 0.25) is 0 Å². The molecule has 1 aliphatic heterocycles. The van der Waals surface area contributed by atoms with Crippen LogP contribution in [0.5, 0.6) is 5.75 Å². The van der Waals surface area contributed by atoms with Crippen LogP contribution in [0.3, 0.4) is 0 Å². The molecule has 1 aromatic carbocycles. The Morgan fingerprint density at radius 2 is 2.14 bits per heavy atom. The predicted molar refractivity (Wildman–Crippen MR) is 79.6 cm³/mol. The van der Waals surface area contributed by atoms with E-state index in [-0.39, 0.29) is 18.5 Å². The molecule has 5 heteroatoms. The van der Waals surface area contributed by atoms with Crippen molar-refractivity contribution < 1.29 is 19.7 Å². The second kappa shape index (κ2) is 6.45. The molecule has 1 aromatic rings. The summed E-state index contributed by atoms with van der Waals surface area (Å²) in [7, 11) is 0. The summed E-state index contributed by atoms with van der Waals surface area (Å²) in [6.45, 7) is 6.34. The highest BCUT2D eigenvalue weighted by molar-refractivity contribution is 5.67. The lowest BCUT2D eigenvalue weighted by molar-refractivity contribution is -0.137. The summed E-state index contributed by atoms with van der Waals surface area (Å²) < 4.78 is 5.73. The Hall–Kier alpha value is -1.59. The Morgan fingerprint density at radius 3 is 2.76 bits per heavy atom. The van der Waals surface area contributed by atoms with Gasteiger partial charge in [-0.3, -0.25) is 4.79 Å². The van der Waals surface area contributed by atoms with Crippen molar-refractivity contribution in [3.05, 3.63) is 29.3 Å². The van der Waals surface area contributed by atoms with E-state index >= 15 is 0 Å². The molecule has 0 spiro atoms. The van der Waals surface area contributed by atoms with Gasteiger partial charge in [0.1, 0.15) is 18.5 Å². The fourth-order valence-corrected chi connectivity index (χ4v) is 2.59. The van der Waals surface area contributed by atoms with Gasteiger partial charge in [0.15, 0.2) is 0 Å². The van der Waals surface area contributed by atoms with Crippen LogP contribution in [0.25, 0.3) is 0 Å². The van der Waals surface area contributed by atoms with E-state index in [1.54, 1.807) is 6.92 Å². The van der Waals surface area contributed by atoms with Gasteiger partial charge < -0.3 is 20.3 Å². The molecule has 0 aliphatic carbocycles. The smallest absolute Gasteiger partial charge is 0.304 e. The first-order chi connectivity index (χ1) is 9.88. The van der Waals surface area contributed by atoms with Gasteiger partial charge in [0, 0.05) is 11.6 Å². The Labute approximate surface area is 124 Å². The van der Waals surface area contributed by atoms with E-state index in [0.717, 1.165) is 11.3 Å². The predicted octanol–water partition coefficient (Wildman–Crippen LogP) is 2.06. The van der Waals surface area contributed by atoms with E-state index in [0.29, 0.717) is 12.5 Å². The first-order valence-corrected chi connectivity index (χ1v) is 7.31. The summed E-state index contributed by atoms with van der Waals surface area (Å²) in [5, 5.41) is 22.4. The summed E-state index contributed by atoms with van der Waals surface area (Å²) in [6.07, 6.45) is -0.672. The maximum absolute atomic E-state index is 10.7. The highest BCUT2D eigenvalue weighted by atomic mass is 16.5. The molecule has 0 aromatic heterocycles. The van der Waals surface area contributed by atoms with Gasteiger partial charge in [-0.05, 0) is 24.5 Å². The summed E-state index contributed by atoms with van der Waals surface area (Å²) in [6, 6.07) is 5.35. The number of fused-ring (bicyclic) bond motifs is 1. The van der Waals surface area contributed by atoms with Crippen LogP contribution >= 0.6 is 0 Å². The number of hydrogen-bond donors (Lipinski definition) is 3. The van der Waals surface area contributed by atoms with E-state index in [1.165, 1.54) is 5.56 Å². The van der Waals surface area contributed by atoms with Crippen molar-refractivity contribution in [3.63, 3.8) is 0 Å². The summed E-state index contributed by atoms with van der Waals surface area (Å²) in [5.74, 6) is 0.267. The van der Waals surface area contributed by atoms with Crippen LogP contribution in [0, 0.1) is 0 Å². The summed E-state index contributed by atoms with van der Waals surface area (Å²) in [5.41, 5.74) is 1.93. The summed E-state index contributed by atoms with van der Waals surface area (Å²) in [4.78, 5) is 10.7. The molecule has 1 heterocycles. The van der Waals surface area contributed by atoms with Gasteiger partial charge in [0.25, 0.3) is 0 Å². The number of aliphatic carboxylic acids is 1.